The number of anilines is 1. The number of cyclic esters (lactones) is 1. The normalized spacial score (nSPS) is 46.9. The molecule has 19 heteroatoms. The zero-order valence-corrected chi connectivity index (χ0v) is 39.5. The van der Waals surface area contributed by atoms with Gasteiger partial charge in [0.1, 0.15) is 24.9 Å². The lowest BCUT2D eigenvalue weighted by Gasteiger charge is -2.65. The predicted octanol–water partition coefficient (Wildman–Crippen LogP) is 2.02. The van der Waals surface area contributed by atoms with Crippen LogP contribution in [0.4, 0.5) is 5.69 Å². The second-order valence-electron chi connectivity index (χ2n) is 21.5. The van der Waals surface area contributed by atoms with Crippen LogP contribution in [0.25, 0.3) is 10.8 Å². The first-order valence-electron chi connectivity index (χ1n) is 24.6. The van der Waals surface area contributed by atoms with Crippen LogP contribution < -0.4 is 16.9 Å². The molecule has 10 rings (SSSR count). The minimum Gasteiger partial charge on any atom is -0.458 e. The lowest BCUT2D eigenvalue weighted by Crippen LogP contribution is -2.67. The monoisotopic (exact) mass is 957 g/mol. The van der Waals surface area contributed by atoms with Crippen molar-refractivity contribution >= 4 is 22.4 Å². The number of H-pyrrole nitrogens is 2. The molecule has 3 saturated heterocycles. The Hall–Kier alpha value is -3.31. The van der Waals surface area contributed by atoms with Crippen molar-refractivity contribution in [3.05, 3.63) is 50.6 Å². The van der Waals surface area contributed by atoms with Crippen LogP contribution in [0.15, 0.2) is 39.4 Å². The van der Waals surface area contributed by atoms with Crippen molar-refractivity contribution in [1.29, 1.82) is 0 Å². The van der Waals surface area contributed by atoms with Crippen molar-refractivity contribution in [2.24, 2.45) is 34.5 Å². The van der Waals surface area contributed by atoms with Crippen LogP contribution in [-0.2, 0) is 38.0 Å². The number of esters is 1. The van der Waals surface area contributed by atoms with E-state index < -0.39 is 90.9 Å². The number of nitrogen functional groups attached to an aromatic ring is 1. The van der Waals surface area contributed by atoms with Gasteiger partial charge in [-0.15, -0.1) is 0 Å². The molecule has 7 fully saturated rings. The van der Waals surface area contributed by atoms with Gasteiger partial charge in [0.2, 0.25) is 0 Å². The van der Waals surface area contributed by atoms with E-state index in [0.717, 1.165) is 44.1 Å². The Labute approximate surface area is 394 Å². The second kappa shape index (κ2) is 19.0. The van der Waals surface area contributed by atoms with Crippen LogP contribution in [0.3, 0.4) is 0 Å². The van der Waals surface area contributed by atoms with Gasteiger partial charge in [0, 0.05) is 36.4 Å². The first-order chi connectivity index (χ1) is 32.2. The minimum absolute atomic E-state index is 0.0452. The number of aromatic amines is 2. The molecule has 4 aliphatic heterocycles. The number of hydrogen-bond acceptors (Lipinski definition) is 17. The van der Waals surface area contributed by atoms with Crippen LogP contribution in [0.1, 0.15) is 105 Å². The van der Waals surface area contributed by atoms with Crippen molar-refractivity contribution in [1.82, 2.24) is 10.2 Å². The van der Waals surface area contributed by atoms with Gasteiger partial charge in [0.05, 0.1) is 65.2 Å². The summed E-state index contributed by atoms with van der Waals surface area (Å²) in [6, 6.07) is 4.77. The molecule has 0 spiro atoms. The maximum Gasteiger partial charge on any atom is 0.331 e. The van der Waals surface area contributed by atoms with Gasteiger partial charge < -0.3 is 69.5 Å². The van der Waals surface area contributed by atoms with Crippen LogP contribution in [0, 0.1) is 34.5 Å². The Morgan fingerprint density at radius 2 is 1.32 bits per heavy atom. The zero-order valence-electron chi connectivity index (χ0n) is 39.5. The molecule has 5 heterocycles. The molecule has 1 aromatic carbocycles. The number of rotatable bonds is 7. The summed E-state index contributed by atoms with van der Waals surface area (Å²) in [5.41, 5.74) is 4.24. The average molecular weight is 958 g/mol. The van der Waals surface area contributed by atoms with Gasteiger partial charge in [0.15, 0.2) is 18.9 Å². The molecule has 0 radical (unpaired) electrons. The fourth-order valence-corrected chi connectivity index (χ4v) is 14.0. The number of nitrogens with one attached hydrogen (secondary N) is 2. The summed E-state index contributed by atoms with van der Waals surface area (Å²) in [7, 11) is 0. The van der Waals surface area contributed by atoms with Crippen LogP contribution in [0.5, 0.6) is 0 Å². The van der Waals surface area contributed by atoms with Crippen molar-refractivity contribution in [2.75, 3.05) is 12.3 Å². The highest BCUT2D eigenvalue weighted by molar-refractivity contribution is 5.91. The minimum atomic E-state index is -1.01. The third-order valence-corrected chi connectivity index (χ3v) is 17.8. The highest BCUT2D eigenvalue weighted by Gasteiger charge is 2.71. The summed E-state index contributed by atoms with van der Waals surface area (Å²) in [6.45, 7) is 9.90. The topological polar surface area (TPSA) is 295 Å². The van der Waals surface area contributed by atoms with E-state index in [-0.39, 0.29) is 77.6 Å². The number of fused-ring (bicyclic) bond motifs is 6. The van der Waals surface area contributed by atoms with Crippen molar-refractivity contribution in [3.63, 3.8) is 0 Å². The SMILES string of the molecule is C[C@H]1O[C@@H](O[C@H]2[C@@H](O)C[C@H](O[C@H]3[C@@H](O)C[C@H](O[C@H]4CC[C@@]5(C)[C@H](CC[C@@H]6[C@@H]5C[C@@H](O)[C@]5(C)[C@@H](C7=CC(=O)OC7)CC[C@]65O)C4)O[C@@H]3C)O[C@@H]2C)C[C@H](O)[C@@H]1O.Nc1cccc2c(=O)[nH][nH]c(=O)c12. The number of aliphatic hydroxyl groups excluding tert-OH is 5. The lowest BCUT2D eigenvalue weighted by atomic mass is 9.42. The fraction of sp³-hybridized carbons (Fsp3) is 0.776. The summed E-state index contributed by atoms with van der Waals surface area (Å²) < 4.78 is 42.1. The summed E-state index contributed by atoms with van der Waals surface area (Å²) >= 11 is 0. The predicted molar refractivity (Wildman–Crippen MR) is 242 cm³/mol. The lowest BCUT2D eigenvalue weighted by molar-refractivity contribution is -0.336. The van der Waals surface area contributed by atoms with Crippen LogP contribution in [0.2, 0.25) is 0 Å². The van der Waals surface area contributed by atoms with Crippen molar-refractivity contribution < 1.29 is 68.6 Å². The van der Waals surface area contributed by atoms with Gasteiger partial charge in [-0.3, -0.25) is 19.8 Å². The van der Waals surface area contributed by atoms with E-state index in [2.05, 4.69) is 17.1 Å². The highest BCUT2D eigenvalue weighted by Crippen LogP contribution is 2.70. The van der Waals surface area contributed by atoms with E-state index in [1.54, 1.807) is 38.1 Å². The van der Waals surface area contributed by atoms with Gasteiger partial charge in [0.25, 0.3) is 11.1 Å². The Morgan fingerprint density at radius 1 is 0.706 bits per heavy atom. The third-order valence-electron chi connectivity index (χ3n) is 17.8. The molecule has 19 nitrogen and oxygen atoms in total. The number of carbonyl (C=O) groups excluding carboxylic acids is 1. The summed E-state index contributed by atoms with van der Waals surface area (Å²) in [5, 5.41) is 71.8. The standard InChI is InChI=1S/C41H64O14.C8H7N3O2/c1-19-36(47)28(42)15-34(50-19)54-38-21(3)52-35(17-30(38)44)55-37-20(2)51-33(16-29(37)43)53-24-8-10-39(4)23(13-24)6-7-26-27(39)14-31(45)40(5)25(9-11-41(26,40)48)22-12-32(46)49-18-22;9-5-3-1-2-4-6(5)8(13)11-10-7(4)12/h12,19-21,23-31,33-38,42-45,47-48H,6-11,13-18H2,1-5H3;1-3H,9H2,(H,10,12)(H,11,13)/t19-,20-,21-,23-,24+,25-,26-,27+,28+,29+,30+,31-,33+,34+,35+,36-,37-,38-,39+,40+,41+;/m1./s1. The van der Waals surface area contributed by atoms with E-state index in [9.17, 15) is 45.0 Å². The Balaban J connectivity index is 0.000000382. The van der Waals surface area contributed by atoms with Crippen LogP contribution in [-0.4, -0.2) is 145 Å². The summed E-state index contributed by atoms with van der Waals surface area (Å²) in [5.74, 6) is 0.204. The second-order valence-corrected chi connectivity index (χ2v) is 21.5. The fourth-order valence-electron chi connectivity index (χ4n) is 14.0. The Kier molecular flexibility index (Phi) is 13.9. The molecular weight excluding hydrogens is 887 g/mol. The number of hydrogen-bond donors (Lipinski definition) is 9. The maximum absolute atomic E-state index is 12.6. The molecule has 378 valence electrons. The van der Waals surface area contributed by atoms with E-state index in [4.69, 9.17) is 38.9 Å². The van der Waals surface area contributed by atoms with Gasteiger partial charge in [-0.2, -0.15) is 0 Å². The summed E-state index contributed by atoms with van der Waals surface area (Å²) in [4.78, 5) is 34.4. The quantitative estimate of drug-likeness (QED) is 0.109. The molecule has 0 unspecified atom stereocenters. The zero-order chi connectivity index (χ0) is 48.6. The molecule has 1 aromatic heterocycles. The Morgan fingerprint density at radius 3 is 1.93 bits per heavy atom. The van der Waals surface area contributed by atoms with Gasteiger partial charge >= 0.3 is 5.97 Å². The number of ether oxygens (including phenoxy) is 7. The maximum atomic E-state index is 12.6. The number of benzene rings is 1. The van der Waals surface area contributed by atoms with E-state index >= 15 is 0 Å². The Bertz CT molecular complexity index is 2270. The third kappa shape index (κ3) is 8.80. The smallest absolute Gasteiger partial charge is 0.331 e. The molecule has 0 bridgehead atoms. The van der Waals surface area contributed by atoms with E-state index in [1.807, 2.05) is 13.8 Å². The molecule has 4 aliphatic carbocycles. The average Bonchev–Trinajstić information content (AvgIpc) is 3.84. The molecule has 4 saturated carbocycles. The van der Waals surface area contributed by atoms with Gasteiger partial charge in [-0.25, -0.2) is 4.79 Å². The van der Waals surface area contributed by atoms with Gasteiger partial charge in [-0.1, -0.05) is 19.9 Å². The molecular formula is C49H71N3O16. The van der Waals surface area contributed by atoms with Crippen molar-refractivity contribution in [3.8, 4) is 0 Å². The first kappa shape index (κ1) is 49.7. The highest BCUT2D eigenvalue weighted by atomic mass is 16.7. The molecule has 0 amide bonds. The molecule has 8 aliphatic rings. The van der Waals surface area contributed by atoms with Gasteiger partial charge in [-0.05, 0) is 119 Å². The van der Waals surface area contributed by atoms with E-state index in [1.165, 1.54) is 0 Å². The largest absolute Gasteiger partial charge is 0.458 e. The molecule has 10 N–H and O–H groups in total. The molecule has 21 atom stereocenters. The number of aliphatic hydroxyl groups is 6. The number of aromatic nitrogens is 2. The van der Waals surface area contributed by atoms with Crippen LogP contribution >= 0.6 is 0 Å². The number of nitrogens with two attached hydrogens (primary N) is 1. The van der Waals surface area contributed by atoms with Crippen molar-refractivity contribution in [2.45, 2.75) is 197 Å². The van der Waals surface area contributed by atoms with E-state index in [0.29, 0.717) is 29.8 Å². The molecule has 68 heavy (non-hydrogen) atoms. The summed E-state index contributed by atoms with van der Waals surface area (Å²) in [6.07, 6.45) is -1.51. The first-order valence-corrected chi connectivity index (χ1v) is 24.6. The molecule has 2 aromatic rings. The number of carbonyl (C=O) groups is 1.